The van der Waals surface area contributed by atoms with Crippen molar-refractivity contribution in [2.24, 2.45) is 0 Å². The van der Waals surface area contributed by atoms with Crippen LogP contribution in [0.5, 0.6) is 12.0 Å². The average molecular weight is 832 g/mol. The number of halogens is 4. The number of anilines is 2. The zero-order valence-electron chi connectivity index (χ0n) is 27.1. The largest absolute Gasteiger partial charge is 0.478 e. The molecule has 0 bridgehead atoms. The molecule has 0 atom stereocenters. The lowest BCUT2D eigenvalue weighted by Crippen LogP contribution is -2.17. The summed E-state index contributed by atoms with van der Waals surface area (Å²) >= 11 is 11.8. The topological polar surface area (TPSA) is 272 Å². The van der Waals surface area contributed by atoms with Gasteiger partial charge in [0.1, 0.15) is 0 Å². The number of ether oxygens (including phenoxy) is 2. The van der Waals surface area contributed by atoms with Crippen LogP contribution in [0.2, 0.25) is 10.0 Å². The van der Waals surface area contributed by atoms with Gasteiger partial charge in [-0.25, -0.2) is 9.59 Å². The van der Waals surface area contributed by atoms with Gasteiger partial charge in [-0.1, -0.05) is 35.3 Å². The van der Waals surface area contributed by atoms with Crippen LogP contribution >= 0.6 is 23.2 Å². The summed E-state index contributed by atoms with van der Waals surface area (Å²) in [4.78, 5) is 37.0. The van der Waals surface area contributed by atoms with Gasteiger partial charge in [0.15, 0.2) is 11.3 Å². The first-order valence-corrected chi connectivity index (χ1v) is 18.4. The number of nitrogens with zero attached hydrogens (tertiary/aromatic N) is 8. The van der Waals surface area contributed by atoms with E-state index < -0.39 is 54.2 Å². The molecular weight excluding hydrogens is 809 g/mol. The molecule has 0 aliphatic carbocycles. The molecule has 0 saturated carbocycles. The minimum Gasteiger partial charge on any atom is -0.478 e. The molecule has 0 aliphatic heterocycles. The number of aromatic nitrogens is 8. The van der Waals surface area contributed by atoms with Gasteiger partial charge in [0.05, 0.1) is 45.8 Å². The molecule has 0 unspecified atom stereocenters. The maximum Gasteiger partial charge on any atom is 0.337 e. The van der Waals surface area contributed by atoms with Gasteiger partial charge in [-0.2, -0.15) is 54.6 Å². The van der Waals surface area contributed by atoms with Gasteiger partial charge in [0.2, 0.25) is 11.9 Å². The summed E-state index contributed by atoms with van der Waals surface area (Å²) in [6.07, 6.45) is 0. The van der Waals surface area contributed by atoms with Crippen molar-refractivity contribution in [1.29, 1.82) is 0 Å². The van der Waals surface area contributed by atoms with E-state index in [1.54, 1.807) is 13.8 Å². The Labute approximate surface area is 311 Å². The number of benzene rings is 2. The Hall–Kier alpha value is -5.98. The molecule has 26 heteroatoms. The summed E-state index contributed by atoms with van der Waals surface area (Å²) in [7, 11) is -8.89. The second-order valence-corrected chi connectivity index (χ2v) is 14.0. The van der Waals surface area contributed by atoms with E-state index in [9.17, 15) is 45.4 Å². The minimum atomic E-state index is -4.44. The standard InChI is InChI=1S/2C14H11ClFN5O5S/c2*1-2-26-14-17-9(16)6-10-18-13(19-21(10)14)27(24,25)20-11-7(12(22)23)4-3-5-8(11)15/h2*3-6,20H,2H2,1H3,(H,22,23). The van der Waals surface area contributed by atoms with Crippen LogP contribution in [0.25, 0.3) is 11.3 Å². The molecule has 4 aromatic heterocycles. The molecular formula is C28H22Cl2F2N10O10S2. The summed E-state index contributed by atoms with van der Waals surface area (Å²) in [5.41, 5.74) is -1.75. The second-order valence-electron chi connectivity index (χ2n) is 10.1. The predicted octanol–water partition coefficient (Wildman–Crippen LogP) is 3.63. The number of hydrogen-bond acceptors (Lipinski definition) is 14. The van der Waals surface area contributed by atoms with Crippen LogP contribution in [0, 0.1) is 11.9 Å². The van der Waals surface area contributed by atoms with Crippen LogP contribution < -0.4 is 18.9 Å². The maximum absolute atomic E-state index is 13.5. The van der Waals surface area contributed by atoms with E-state index in [0.717, 1.165) is 21.2 Å². The van der Waals surface area contributed by atoms with Gasteiger partial charge in [-0.3, -0.25) is 9.44 Å². The Kier molecular flexibility index (Phi) is 11.3. The average Bonchev–Trinajstić information content (AvgIpc) is 3.73. The SMILES string of the molecule is CCOc1nc(F)cc2nc(S(=O)(=O)Nc3c(Cl)cccc3C(=O)O)nn12.CCOc1nc(F)cc2nc(S(=O)(=O)Nc3c(Cl)cccc3C(=O)O)nn12. The Morgan fingerprint density at radius 3 is 1.41 bits per heavy atom. The molecule has 6 rings (SSSR count). The first kappa shape index (κ1) is 39.2. The van der Waals surface area contributed by atoms with Crippen molar-refractivity contribution in [2.75, 3.05) is 22.7 Å². The van der Waals surface area contributed by atoms with Gasteiger partial charge in [0, 0.05) is 12.1 Å². The fourth-order valence-corrected chi connectivity index (χ4v) is 6.80. The van der Waals surface area contributed by atoms with Gasteiger partial charge in [-0.05, 0) is 38.1 Å². The number of fused-ring (bicyclic) bond motifs is 2. The maximum atomic E-state index is 13.5. The summed E-state index contributed by atoms with van der Waals surface area (Å²) < 4.78 is 93.6. The van der Waals surface area contributed by atoms with Crippen molar-refractivity contribution in [1.82, 2.24) is 39.2 Å². The van der Waals surface area contributed by atoms with Gasteiger partial charge in [0.25, 0.3) is 30.4 Å². The summed E-state index contributed by atoms with van der Waals surface area (Å²) in [6.45, 7) is 3.51. The third kappa shape index (κ3) is 8.30. The van der Waals surface area contributed by atoms with Crippen molar-refractivity contribution in [3.63, 3.8) is 0 Å². The van der Waals surface area contributed by atoms with E-state index in [1.807, 2.05) is 9.44 Å². The van der Waals surface area contributed by atoms with Gasteiger partial charge in [-0.15, -0.1) is 10.2 Å². The first-order chi connectivity index (χ1) is 25.4. The molecule has 4 heterocycles. The van der Waals surface area contributed by atoms with Gasteiger partial charge < -0.3 is 19.7 Å². The monoisotopic (exact) mass is 830 g/mol. The molecule has 284 valence electrons. The number of aromatic carboxylic acids is 2. The number of hydrogen-bond donors (Lipinski definition) is 4. The Balaban J connectivity index is 0.000000208. The Morgan fingerprint density at radius 2 is 1.07 bits per heavy atom. The van der Waals surface area contributed by atoms with E-state index in [4.69, 9.17) is 32.7 Å². The quantitative estimate of drug-likeness (QED) is 0.128. The van der Waals surface area contributed by atoms with E-state index in [0.29, 0.717) is 0 Å². The summed E-state index contributed by atoms with van der Waals surface area (Å²) in [5.74, 6) is -4.64. The molecule has 0 spiro atoms. The summed E-state index contributed by atoms with van der Waals surface area (Å²) in [6, 6.07) is 8.86. The van der Waals surface area contributed by atoms with Crippen LogP contribution in [0.1, 0.15) is 34.6 Å². The highest BCUT2D eigenvalue weighted by atomic mass is 35.5. The Morgan fingerprint density at radius 1 is 0.704 bits per heavy atom. The molecule has 54 heavy (non-hydrogen) atoms. The molecule has 0 amide bonds. The van der Waals surface area contributed by atoms with E-state index in [-0.39, 0.29) is 69.1 Å². The zero-order valence-corrected chi connectivity index (χ0v) is 30.2. The molecule has 0 saturated heterocycles. The van der Waals surface area contributed by atoms with E-state index >= 15 is 0 Å². The van der Waals surface area contributed by atoms with Crippen LogP contribution in [0.3, 0.4) is 0 Å². The van der Waals surface area contributed by atoms with Crippen LogP contribution in [-0.4, -0.2) is 91.4 Å². The van der Waals surface area contributed by atoms with Crippen molar-refractivity contribution < 1.29 is 54.9 Å². The molecule has 0 fully saturated rings. The molecule has 0 radical (unpaired) electrons. The number of carboxylic acids is 2. The number of carbonyl (C=O) groups is 2. The number of para-hydroxylation sites is 2. The predicted molar refractivity (Wildman–Crippen MR) is 182 cm³/mol. The summed E-state index contributed by atoms with van der Waals surface area (Å²) in [5, 5.41) is 24.2. The first-order valence-electron chi connectivity index (χ1n) is 14.7. The van der Waals surface area contributed by atoms with Crippen molar-refractivity contribution in [3.05, 3.63) is 81.6 Å². The zero-order chi connectivity index (χ0) is 39.5. The molecule has 0 aliphatic rings. The third-order valence-corrected chi connectivity index (χ3v) is 9.36. The number of rotatable bonds is 12. The lowest BCUT2D eigenvalue weighted by atomic mass is 10.2. The number of carboxylic acid groups (broad SMARTS) is 2. The van der Waals surface area contributed by atoms with Crippen molar-refractivity contribution >= 4 is 77.9 Å². The van der Waals surface area contributed by atoms with E-state index in [1.165, 1.54) is 36.4 Å². The highest BCUT2D eigenvalue weighted by Gasteiger charge is 2.28. The number of sulfonamides is 2. The number of nitrogens with one attached hydrogen (secondary N) is 2. The molecule has 20 nitrogen and oxygen atoms in total. The van der Waals surface area contributed by atoms with Crippen molar-refractivity contribution in [2.45, 2.75) is 24.2 Å². The molecule has 6 aromatic rings. The van der Waals surface area contributed by atoms with Crippen molar-refractivity contribution in [3.8, 4) is 12.0 Å². The van der Waals surface area contributed by atoms with Crippen LogP contribution in [-0.2, 0) is 20.0 Å². The fourth-order valence-electron chi connectivity index (χ4n) is 4.28. The molecule has 4 N–H and O–H groups in total. The smallest absolute Gasteiger partial charge is 0.337 e. The van der Waals surface area contributed by atoms with Crippen LogP contribution in [0.4, 0.5) is 20.2 Å². The van der Waals surface area contributed by atoms with Crippen LogP contribution in [0.15, 0.2) is 58.8 Å². The highest BCUT2D eigenvalue weighted by Crippen LogP contribution is 2.30. The normalized spacial score (nSPS) is 11.5. The Bertz CT molecular complexity index is 2480. The highest BCUT2D eigenvalue weighted by molar-refractivity contribution is 7.92. The minimum absolute atomic E-state index is 0.132. The molecule has 2 aromatic carbocycles. The third-order valence-electron chi connectivity index (χ3n) is 6.48. The van der Waals surface area contributed by atoms with Gasteiger partial charge >= 0.3 is 24.0 Å². The second kappa shape index (κ2) is 15.6. The van der Waals surface area contributed by atoms with E-state index in [2.05, 4.69) is 30.1 Å². The lowest BCUT2D eigenvalue weighted by Gasteiger charge is -2.10. The fraction of sp³-hybridized carbons (Fsp3) is 0.143. The lowest BCUT2D eigenvalue weighted by molar-refractivity contribution is 0.0687.